The predicted molar refractivity (Wildman–Crippen MR) is 122 cm³/mol. The van der Waals surface area contributed by atoms with Crippen molar-refractivity contribution in [3.05, 3.63) is 89.0 Å². The highest BCUT2D eigenvalue weighted by molar-refractivity contribution is 6.07. The molecule has 0 saturated heterocycles. The number of amides is 3. The summed E-state index contributed by atoms with van der Waals surface area (Å²) in [6, 6.07) is 20.6. The van der Waals surface area contributed by atoms with Gasteiger partial charge in [0.25, 0.3) is 5.91 Å². The van der Waals surface area contributed by atoms with E-state index in [1.807, 2.05) is 66.4 Å². The van der Waals surface area contributed by atoms with Crippen LogP contribution in [0.4, 0.5) is 16.2 Å². The van der Waals surface area contributed by atoms with Crippen molar-refractivity contribution >= 4 is 23.3 Å². The second kappa shape index (κ2) is 8.92. The van der Waals surface area contributed by atoms with Crippen LogP contribution in [0.3, 0.4) is 0 Å². The average Bonchev–Trinajstić information content (AvgIpc) is 3.21. The molecule has 1 heterocycles. The van der Waals surface area contributed by atoms with Gasteiger partial charge in [0.15, 0.2) is 0 Å². The first-order chi connectivity index (χ1) is 15.0. The van der Waals surface area contributed by atoms with E-state index in [0.29, 0.717) is 30.1 Å². The van der Waals surface area contributed by atoms with Crippen molar-refractivity contribution in [1.82, 2.24) is 5.32 Å². The van der Waals surface area contributed by atoms with Crippen LogP contribution in [0.1, 0.15) is 27.0 Å². The van der Waals surface area contributed by atoms with E-state index < -0.39 is 0 Å². The zero-order valence-electron chi connectivity index (χ0n) is 17.6. The van der Waals surface area contributed by atoms with E-state index in [4.69, 9.17) is 4.74 Å². The number of para-hydroxylation sites is 2. The van der Waals surface area contributed by atoms with Crippen LogP contribution < -0.4 is 20.3 Å². The summed E-state index contributed by atoms with van der Waals surface area (Å²) >= 11 is 0. The molecule has 4 rings (SSSR count). The number of aryl methyl sites for hydroxylation is 1. The fraction of sp³-hybridized carbons (Fsp3) is 0.200. The summed E-state index contributed by atoms with van der Waals surface area (Å²) < 4.78 is 5.26. The summed E-state index contributed by atoms with van der Waals surface area (Å²) in [7, 11) is 1.56. The fourth-order valence-corrected chi connectivity index (χ4v) is 3.69. The number of anilines is 2. The lowest BCUT2D eigenvalue weighted by atomic mass is 10.1. The molecule has 0 atom stereocenters. The van der Waals surface area contributed by atoms with Gasteiger partial charge < -0.3 is 20.3 Å². The number of ether oxygens (including phenoxy) is 1. The Bertz CT molecular complexity index is 1110. The highest BCUT2D eigenvalue weighted by atomic mass is 16.5. The van der Waals surface area contributed by atoms with E-state index in [-0.39, 0.29) is 11.9 Å². The van der Waals surface area contributed by atoms with Gasteiger partial charge in [-0.15, -0.1) is 0 Å². The van der Waals surface area contributed by atoms with Gasteiger partial charge in [0.2, 0.25) is 0 Å². The Labute approximate surface area is 181 Å². The quantitative estimate of drug-likeness (QED) is 0.643. The third-order valence-corrected chi connectivity index (χ3v) is 5.40. The molecular formula is C25H25N3O3. The maximum Gasteiger partial charge on any atom is 0.319 e. The molecule has 6 nitrogen and oxygen atoms in total. The second-order valence-electron chi connectivity index (χ2n) is 7.54. The molecule has 158 valence electrons. The molecule has 2 N–H and O–H groups in total. The molecule has 0 unspecified atom stereocenters. The van der Waals surface area contributed by atoms with Crippen molar-refractivity contribution in [2.75, 3.05) is 23.9 Å². The number of carbonyl (C=O) groups is 2. The minimum Gasteiger partial charge on any atom is -0.495 e. The van der Waals surface area contributed by atoms with Crippen molar-refractivity contribution in [2.24, 2.45) is 0 Å². The van der Waals surface area contributed by atoms with Gasteiger partial charge >= 0.3 is 6.03 Å². The molecule has 0 radical (unpaired) electrons. The molecular weight excluding hydrogens is 390 g/mol. The highest BCUT2D eigenvalue weighted by Gasteiger charge is 2.25. The maximum absolute atomic E-state index is 13.0. The number of fused-ring (bicyclic) bond motifs is 1. The van der Waals surface area contributed by atoms with E-state index in [0.717, 1.165) is 28.8 Å². The summed E-state index contributed by atoms with van der Waals surface area (Å²) in [6.45, 7) is 3.01. The maximum atomic E-state index is 13.0. The van der Waals surface area contributed by atoms with E-state index in [1.54, 1.807) is 19.2 Å². The highest BCUT2D eigenvalue weighted by Crippen LogP contribution is 2.30. The van der Waals surface area contributed by atoms with Crippen molar-refractivity contribution in [3.8, 4) is 5.75 Å². The van der Waals surface area contributed by atoms with Crippen LogP contribution in [0.25, 0.3) is 0 Å². The van der Waals surface area contributed by atoms with Crippen LogP contribution in [0, 0.1) is 6.92 Å². The van der Waals surface area contributed by atoms with Gasteiger partial charge in [0.05, 0.1) is 12.8 Å². The Kier molecular flexibility index (Phi) is 5.89. The minimum absolute atomic E-state index is 0.00206. The van der Waals surface area contributed by atoms with Gasteiger partial charge in [-0.3, -0.25) is 4.79 Å². The van der Waals surface area contributed by atoms with E-state index >= 15 is 0 Å². The van der Waals surface area contributed by atoms with Gasteiger partial charge in [0.1, 0.15) is 5.75 Å². The zero-order chi connectivity index (χ0) is 21.8. The largest absolute Gasteiger partial charge is 0.495 e. The molecule has 0 bridgehead atoms. The van der Waals surface area contributed by atoms with Gasteiger partial charge in [-0.05, 0) is 54.8 Å². The minimum atomic E-state index is -0.322. The molecule has 1 aliphatic rings. The van der Waals surface area contributed by atoms with Crippen LogP contribution >= 0.6 is 0 Å². The molecule has 31 heavy (non-hydrogen) atoms. The smallest absolute Gasteiger partial charge is 0.319 e. The van der Waals surface area contributed by atoms with Gasteiger partial charge in [-0.1, -0.05) is 42.0 Å². The third kappa shape index (κ3) is 4.53. The topological polar surface area (TPSA) is 70.7 Å². The molecule has 0 saturated carbocycles. The lowest BCUT2D eigenvalue weighted by Gasteiger charge is -2.18. The summed E-state index contributed by atoms with van der Waals surface area (Å²) in [5.41, 5.74) is 5.39. The third-order valence-electron chi connectivity index (χ3n) is 5.40. The van der Waals surface area contributed by atoms with E-state index in [2.05, 4.69) is 10.6 Å². The first-order valence-electron chi connectivity index (χ1n) is 10.2. The van der Waals surface area contributed by atoms with Crippen molar-refractivity contribution in [2.45, 2.75) is 19.9 Å². The van der Waals surface area contributed by atoms with E-state index in [9.17, 15) is 9.59 Å². The number of benzene rings is 3. The summed E-state index contributed by atoms with van der Waals surface area (Å²) in [5.74, 6) is 0.596. The SMILES string of the molecule is COc1ccccc1NC(=O)NCc1ccc2c(c1)N(C(=O)c1ccc(C)cc1)CC2. The monoisotopic (exact) mass is 415 g/mol. The normalized spacial score (nSPS) is 12.3. The molecule has 3 aromatic carbocycles. The summed E-state index contributed by atoms with van der Waals surface area (Å²) in [4.78, 5) is 27.1. The molecule has 3 aromatic rings. The Morgan fingerprint density at radius 1 is 1.03 bits per heavy atom. The molecule has 0 spiro atoms. The standard InChI is InChI=1S/C25H25N3O3/c1-17-7-10-20(11-8-17)24(29)28-14-13-19-12-9-18(15-22(19)28)16-26-25(30)27-21-5-3-4-6-23(21)31-2/h3-12,15H,13-14,16H2,1-2H3,(H2,26,27,30). The van der Waals surface area contributed by atoms with E-state index in [1.165, 1.54) is 0 Å². The van der Waals surface area contributed by atoms with Gasteiger partial charge in [0, 0.05) is 24.3 Å². The van der Waals surface area contributed by atoms with Crippen molar-refractivity contribution in [1.29, 1.82) is 0 Å². The van der Waals surface area contributed by atoms with Crippen LogP contribution in [0.2, 0.25) is 0 Å². The van der Waals surface area contributed by atoms with Crippen LogP contribution in [-0.4, -0.2) is 25.6 Å². The first-order valence-corrected chi connectivity index (χ1v) is 10.2. The summed E-state index contributed by atoms with van der Waals surface area (Å²) in [5, 5.41) is 5.66. The van der Waals surface area contributed by atoms with Crippen molar-refractivity contribution < 1.29 is 14.3 Å². The number of methoxy groups -OCH3 is 1. The Balaban J connectivity index is 1.43. The number of hydrogen-bond donors (Lipinski definition) is 2. The predicted octanol–water partition coefficient (Wildman–Crippen LogP) is 4.53. The Morgan fingerprint density at radius 2 is 1.81 bits per heavy atom. The average molecular weight is 415 g/mol. The fourth-order valence-electron chi connectivity index (χ4n) is 3.69. The first kappa shape index (κ1) is 20.5. The number of rotatable bonds is 5. The molecule has 1 aliphatic heterocycles. The molecule has 0 aromatic heterocycles. The summed E-state index contributed by atoms with van der Waals surface area (Å²) in [6.07, 6.45) is 0.828. The second-order valence-corrected chi connectivity index (χ2v) is 7.54. The lowest BCUT2D eigenvalue weighted by Crippen LogP contribution is -2.29. The molecule has 0 aliphatic carbocycles. The zero-order valence-corrected chi connectivity index (χ0v) is 17.6. The number of nitrogens with one attached hydrogen (secondary N) is 2. The number of carbonyl (C=O) groups excluding carboxylic acids is 2. The lowest BCUT2D eigenvalue weighted by molar-refractivity contribution is 0.0989. The Hall–Kier alpha value is -3.80. The Morgan fingerprint density at radius 3 is 2.58 bits per heavy atom. The van der Waals surface area contributed by atoms with Crippen LogP contribution in [0.15, 0.2) is 66.7 Å². The number of hydrogen-bond acceptors (Lipinski definition) is 3. The molecule has 6 heteroatoms. The van der Waals surface area contributed by atoms with Gasteiger partial charge in [-0.2, -0.15) is 0 Å². The van der Waals surface area contributed by atoms with Gasteiger partial charge in [-0.25, -0.2) is 4.79 Å². The number of urea groups is 1. The molecule has 0 fully saturated rings. The van der Waals surface area contributed by atoms with Crippen molar-refractivity contribution in [3.63, 3.8) is 0 Å². The number of nitrogens with zero attached hydrogens (tertiary/aromatic N) is 1. The van der Waals surface area contributed by atoms with Crippen LogP contribution in [-0.2, 0) is 13.0 Å². The van der Waals surface area contributed by atoms with Crippen LogP contribution in [0.5, 0.6) is 5.75 Å². The molecule has 3 amide bonds.